The van der Waals surface area contributed by atoms with Crippen molar-refractivity contribution >= 4 is 6.21 Å². The number of rotatable bonds is 7. The molecule has 0 heterocycles. The third kappa shape index (κ3) is 5.36. The zero-order chi connectivity index (χ0) is 12.5. The monoisotopic (exact) mass is 237 g/mol. The number of para-hydroxylation sites is 1. The van der Waals surface area contributed by atoms with Gasteiger partial charge in [0.1, 0.15) is 12.4 Å². The van der Waals surface area contributed by atoms with Gasteiger partial charge >= 0.3 is 0 Å². The van der Waals surface area contributed by atoms with Gasteiger partial charge in [-0.05, 0) is 26.0 Å². The van der Waals surface area contributed by atoms with Crippen LogP contribution in [0.3, 0.4) is 0 Å². The maximum Gasteiger partial charge on any atom is 0.128 e. The number of aliphatic hydroxyl groups is 1. The molecular weight excluding hydrogens is 218 g/mol. The first kappa shape index (κ1) is 13.5. The fraction of sp³-hybridized carbons (Fsp3) is 0.462. The fourth-order valence-electron chi connectivity index (χ4n) is 1.22. The molecule has 0 radical (unpaired) electrons. The second-order valence-electron chi connectivity index (χ2n) is 3.85. The Kier molecular flexibility index (Phi) is 6.10. The van der Waals surface area contributed by atoms with E-state index in [0.29, 0.717) is 13.0 Å². The number of hydrogen-bond donors (Lipinski definition) is 1. The summed E-state index contributed by atoms with van der Waals surface area (Å²) in [5.41, 5.74) is 0.880. The molecule has 0 atom stereocenters. The van der Waals surface area contributed by atoms with Crippen molar-refractivity contribution in [2.45, 2.75) is 26.4 Å². The lowest BCUT2D eigenvalue weighted by atomic mass is 10.2. The second kappa shape index (κ2) is 7.68. The summed E-state index contributed by atoms with van der Waals surface area (Å²) in [6.07, 6.45) is 2.33. The first-order valence-corrected chi connectivity index (χ1v) is 5.76. The van der Waals surface area contributed by atoms with Gasteiger partial charge in [-0.1, -0.05) is 17.3 Å². The molecule has 1 N–H and O–H groups in total. The van der Waals surface area contributed by atoms with Gasteiger partial charge in [0.15, 0.2) is 0 Å². The summed E-state index contributed by atoms with van der Waals surface area (Å²) >= 11 is 0. The van der Waals surface area contributed by atoms with Crippen LogP contribution in [0.5, 0.6) is 5.75 Å². The summed E-state index contributed by atoms with van der Waals surface area (Å²) in [6, 6.07) is 7.65. The van der Waals surface area contributed by atoms with Crippen LogP contribution in [0.25, 0.3) is 0 Å². The Labute approximate surface area is 102 Å². The number of oxime groups is 1. The molecule has 0 saturated heterocycles. The van der Waals surface area contributed by atoms with Gasteiger partial charge in [-0.25, -0.2) is 0 Å². The molecule has 1 rings (SSSR count). The highest BCUT2D eigenvalue weighted by Crippen LogP contribution is 2.17. The van der Waals surface area contributed by atoms with Crippen LogP contribution in [-0.2, 0) is 4.84 Å². The Morgan fingerprint density at radius 3 is 2.82 bits per heavy atom. The minimum atomic E-state index is 0.114. The molecule has 1 aromatic carbocycles. The van der Waals surface area contributed by atoms with E-state index >= 15 is 0 Å². The molecule has 0 aliphatic rings. The van der Waals surface area contributed by atoms with Gasteiger partial charge in [-0.15, -0.1) is 0 Å². The molecule has 0 aromatic heterocycles. The van der Waals surface area contributed by atoms with Crippen molar-refractivity contribution in [3.05, 3.63) is 29.8 Å². The zero-order valence-electron chi connectivity index (χ0n) is 10.3. The molecule has 0 amide bonds. The fourth-order valence-corrected chi connectivity index (χ4v) is 1.22. The average Bonchev–Trinajstić information content (AvgIpc) is 2.30. The molecule has 0 aliphatic heterocycles. The first-order valence-electron chi connectivity index (χ1n) is 5.76. The lowest BCUT2D eigenvalue weighted by molar-refractivity contribution is 0.125. The van der Waals surface area contributed by atoms with Gasteiger partial charge in [0.25, 0.3) is 0 Å². The predicted octanol–water partition coefficient (Wildman–Crippen LogP) is 2.21. The number of nitrogens with zero attached hydrogens (tertiary/aromatic N) is 1. The third-order valence-corrected chi connectivity index (χ3v) is 1.94. The number of ether oxygens (including phenoxy) is 1. The lowest BCUT2D eigenvalue weighted by Gasteiger charge is -2.11. The standard InChI is InChI=1S/C13H19NO3/c1-11(2)17-13-7-4-3-6-12(13)10-14-16-9-5-8-15/h3-4,6-7,10-11,15H,5,8-9H2,1-2H3/b14-10+. The minimum absolute atomic E-state index is 0.114. The van der Waals surface area contributed by atoms with Gasteiger partial charge in [-0.2, -0.15) is 0 Å². The molecule has 0 bridgehead atoms. The molecular formula is C13H19NO3. The van der Waals surface area contributed by atoms with Crippen molar-refractivity contribution in [2.24, 2.45) is 5.16 Å². The van der Waals surface area contributed by atoms with Crippen LogP contribution in [0.15, 0.2) is 29.4 Å². The number of hydrogen-bond acceptors (Lipinski definition) is 4. The molecule has 17 heavy (non-hydrogen) atoms. The van der Waals surface area contributed by atoms with E-state index in [1.807, 2.05) is 38.1 Å². The van der Waals surface area contributed by atoms with Crippen LogP contribution in [0.2, 0.25) is 0 Å². The Hall–Kier alpha value is -1.55. The van der Waals surface area contributed by atoms with E-state index in [4.69, 9.17) is 14.7 Å². The van der Waals surface area contributed by atoms with E-state index < -0.39 is 0 Å². The predicted molar refractivity (Wildman–Crippen MR) is 67.5 cm³/mol. The van der Waals surface area contributed by atoms with Crippen LogP contribution >= 0.6 is 0 Å². The van der Waals surface area contributed by atoms with Gasteiger partial charge in [0, 0.05) is 18.6 Å². The molecule has 94 valence electrons. The number of aliphatic hydroxyl groups excluding tert-OH is 1. The van der Waals surface area contributed by atoms with Crippen molar-refractivity contribution in [3.8, 4) is 5.75 Å². The molecule has 0 spiro atoms. The molecule has 4 heteroatoms. The van der Waals surface area contributed by atoms with Gasteiger partial charge < -0.3 is 14.7 Å². The highest BCUT2D eigenvalue weighted by atomic mass is 16.6. The van der Waals surface area contributed by atoms with E-state index in [-0.39, 0.29) is 12.7 Å². The number of benzene rings is 1. The van der Waals surface area contributed by atoms with E-state index in [0.717, 1.165) is 11.3 Å². The van der Waals surface area contributed by atoms with Crippen LogP contribution in [-0.4, -0.2) is 30.6 Å². The van der Waals surface area contributed by atoms with E-state index in [1.165, 1.54) is 0 Å². The Balaban J connectivity index is 2.56. The largest absolute Gasteiger partial charge is 0.490 e. The lowest BCUT2D eigenvalue weighted by Crippen LogP contribution is -2.07. The average molecular weight is 237 g/mol. The van der Waals surface area contributed by atoms with Crippen LogP contribution in [0.4, 0.5) is 0 Å². The van der Waals surface area contributed by atoms with E-state index in [2.05, 4.69) is 5.16 Å². The van der Waals surface area contributed by atoms with Crippen molar-refractivity contribution in [1.82, 2.24) is 0 Å². The molecule has 0 aliphatic carbocycles. The SMILES string of the molecule is CC(C)Oc1ccccc1/C=N/OCCCO. The topological polar surface area (TPSA) is 51.0 Å². The third-order valence-electron chi connectivity index (χ3n) is 1.94. The summed E-state index contributed by atoms with van der Waals surface area (Å²) in [7, 11) is 0. The van der Waals surface area contributed by atoms with E-state index in [1.54, 1.807) is 6.21 Å². The van der Waals surface area contributed by atoms with Gasteiger partial charge in [-0.3, -0.25) is 0 Å². The first-order chi connectivity index (χ1) is 8.24. The van der Waals surface area contributed by atoms with E-state index in [9.17, 15) is 0 Å². The van der Waals surface area contributed by atoms with Crippen LogP contribution < -0.4 is 4.74 Å². The Morgan fingerprint density at radius 1 is 1.35 bits per heavy atom. The van der Waals surface area contributed by atoms with Gasteiger partial charge in [0.2, 0.25) is 0 Å². The summed E-state index contributed by atoms with van der Waals surface area (Å²) in [5, 5.41) is 12.4. The minimum Gasteiger partial charge on any atom is -0.490 e. The quantitative estimate of drug-likeness (QED) is 0.449. The summed E-state index contributed by atoms with van der Waals surface area (Å²) < 4.78 is 5.64. The smallest absolute Gasteiger partial charge is 0.128 e. The molecule has 1 aromatic rings. The van der Waals surface area contributed by atoms with Crippen molar-refractivity contribution in [2.75, 3.05) is 13.2 Å². The van der Waals surface area contributed by atoms with Crippen molar-refractivity contribution in [1.29, 1.82) is 0 Å². The van der Waals surface area contributed by atoms with Crippen LogP contribution in [0.1, 0.15) is 25.8 Å². The molecule has 4 nitrogen and oxygen atoms in total. The molecule has 0 saturated carbocycles. The van der Waals surface area contributed by atoms with Crippen molar-refractivity contribution < 1.29 is 14.7 Å². The summed E-state index contributed by atoms with van der Waals surface area (Å²) in [5.74, 6) is 0.789. The molecule has 0 fully saturated rings. The summed E-state index contributed by atoms with van der Waals surface area (Å²) in [4.78, 5) is 4.99. The van der Waals surface area contributed by atoms with Crippen molar-refractivity contribution in [3.63, 3.8) is 0 Å². The Bertz CT molecular complexity index is 350. The maximum absolute atomic E-state index is 8.57. The Morgan fingerprint density at radius 2 is 2.12 bits per heavy atom. The molecule has 0 unspecified atom stereocenters. The summed E-state index contributed by atoms with van der Waals surface area (Å²) in [6.45, 7) is 4.49. The zero-order valence-corrected chi connectivity index (χ0v) is 10.3. The normalized spacial score (nSPS) is 11.1. The highest BCUT2D eigenvalue weighted by Gasteiger charge is 2.02. The van der Waals surface area contributed by atoms with Gasteiger partial charge in [0.05, 0.1) is 12.3 Å². The van der Waals surface area contributed by atoms with Crippen LogP contribution in [0, 0.1) is 0 Å². The second-order valence-corrected chi connectivity index (χ2v) is 3.85. The maximum atomic E-state index is 8.57. The highest BCUT2D eigenvalue weighted by molar-refractivity contribution is 5.83.